The van der Waals surface area contributed by atoms with Gasteiger partial charge in [-0.25, -0.2) is 4.79 Å². The number of rotatable bonds is 1. The maximum atomic E-state index is 12.6. The second kappa shape index (κ2) is 4.11. The normalized spacial score (nSPS) is 11.8. The highest BCUT2D eigenvalue weighted by atomic mass is 19.4. The lowest BCUT2D eigenvalue weighted by atomic mass is 10.1. The van der Waals surface area contributed by atoms with Crippen molar-refractivity contribution < 1.29 is 23.1 Å². The third kappa shape index (κ3) is 2.18. The first-order chi connectivity index (χ1) is 8.71. The molecule has 100 valence electrons. The molecule has 0 saturated heterocycles. The predicted octanol–water partition coefficient (Wildman–Crippen LogP) is 2.26. The lowest BCUT2D eigenvalue weighted by molar-refractivity contribution is -0.137. The first-order valence-electron chi connectivity index (χ1n) is 5.16. The van der Waals surface area contributed by atoms with Gasteiger partial charge in [-0.1, -0.05) is 6.07 Å². The summed E-state index contributed by atoms with van der Waals surface area (Å²) in [6.07, 6.45) is -4.52. The number of hydrogen-bond donors (Lipinski definition) is 1. The monoisotopic (exact) mass is 271 g/mol. The molecule has 7 heteroatoms. The minimum atomic E-state index is -4.52. The summed E-state index contributed by atoms with van der Waals surface area (Å²) in [4.78, 5) is 22.5. The Hall–Kier alpha value is -2.31. The van der Waals surface area contributed by atoms with E-state index in [9.17, 15) is 22.8 Å². The average Bonchev–Trinajstić information content (AvgIpc) is 2.31. The number of carboxylic acid groups (broad SMARTS) is 1. The number of aryl methyl sites for hydroxylation is 1. The van der Waals surface area contributed by atoms with Crippen molar-refractivity contribution in [2.75, 3.05) is 0 Å². The fraction of sp³-hybridized carbons (Fsp3) is 0.167. The van der Waals surface area contributed by atoms with Crippen LogP contribution >= 0.6 is 0 Å². The van der Waals surface area contributed by atoms with E-state index in [0.29, 0.717) is 0 Å². The van der Waals surface area contributed by atoms with Gasteiger partial charge in [0.05, 0.1) is 11.1 Å². The standard InChI is InChI=1S/C12H8F3NO3/c1-16-9-5-7(12(13,14)15)3-2-6(9)4-8(10(16)17)11(18)19/h2-5H,1H3,(H,18,19). The van der Waals surface area contributed by atoms with Crippen LogP contribution in [0.25, 0.3) is 10.9 Å². The molecule has 0 amide bonds. The van der Waals surface area contributed by atoms with Crippen molar-refractivity contribution in [1.29, 1.82) is 0 Å². The molecular weight excluding hydrogens is 263 g/mol. The van der Waals surface area contributed by atoms with E-state index in [0.717, 1.165) is 28.8 Å². The molecule has 0 aliphatic carbocycles. The third-order valence-electron chi connectivity index (χ3n) is 2.78. The number of carbonyl (C=O) groups is 1. The maximum Gasteiger partial charge on any atom is 0.416 e. The summed E-state index contributed by atoms with van der Waals surface area (Å²) in [6, 6.07) is 3.88. The molecule has 0 atom stereocenters. The Morgan fingerprint density at radius 3 is 2.42 bits per heavy atom. The molecule has 0 bridgehead atoms. The number of aromatic carboxylic acids is 1. The molecule has 0 unspecified atom stereocenters. The zero-order chi connectivity index (χ0) is 14.4. The summed E-state index contributed by atoms with van der Waals surface area (Å²) in [5.74, 6) is -1.41. The SMILES string of the molecule is Cn1c(=O)c(C(=O)O)cc2ccc(C(F)(F)F)cc21. The van der Waals surface area contributed by atoms with Crippen molar-refractivity contribution in [2.24, 2.45) is 7.05 Å². The van der Waals surface area contributed by atoms with Gasteiger partial charge in [0.15, 0.2) is 0 Å². The van der Waals surface area contributed by atoms with Crippen LogP contribution < -0.4 is 5.56 Å². The van der Waals surface area contributed by atoms with E-state index < -0.39 is 28.8 Å². The number of alkyl halides is 3. The second-order valence-corrected chi connectivity index (χ2v) is 4.00. The molecule has 0 spiro atoms. The summed E-state index contributed by atoms with van der Waals surface area (Å²) in [7, 11) is 1.23. The highest BCUT2D eigenvalue weighted by molar-refractivity contribution is 5.92. The van der Waals surface area contributed by atoms with E-state index in [1.807, 2.05) is 0 Å². The van der Waals surface area contributed by atoms with Crippen LogP contribution in [0.1, 0.15) is 15.9 Å². The van der Waals surface area contributed by atoms with Gasteiger partial charge in [-0.2, -0.15) is 13.2 Å². The molecule has 0 aliphatic heterocycles. The molecule has 1 heterocycles. The van der Waals surface area contributed by atoms with Crippen molar-refractivity contribution in [3.8, 4) is 0 Å². The molecule has 0 radical (unpaired) electrons. The molecule has 1 aromatic heterocycles. The van der Waals surface area contributed by atoms with Crippen molar-refractivity contribution in [1.82, 2.24) is 4.57 Å². The Morgan fingerprint density at radius 2 is 1.89 bits per heavy atom. The van der Waals surface area contributed by atoms with E-state index >= 15 is 0 Å². The van der Waals surface area contributed by atoms with Gasteiger partial charge < -0.3 is 9.67 Å². The van der Waals surface area contributed by atoms with Crippen molar-refractivity contribution >= 4 is 16.9 Å². The van der Waals surface area contributed by atoms with Gasteiger partial charge in [-0.15, -0.1) is 0 Å². The van der Waals surface area contributed by atoms with Gasteiger partial charge in [-0.05, 0) is 23.6 Å². The molecule has 1 N–H and O–H groups in total. The van der Waals surface area contributed by atoms with Crippen LogP contribution in [0, 0.1) is 0 Å². The number of hydrogen-bond acceptors (Lipinski definition) is 2. The van der Waals surface area contributed by atoms with E-state index in [2.05, 4.69) is 0 Å². The van der Waals surface area contributed by atoms with E-state index in [4.69, 9.17) is 5.11 Å². The van der Waals surface area contributed by atoms with Crippen LogP contribution in [-0.2, 0) is 13.2 Å². The summed E-state index contributed by atoms with van der Waals surface area (Å²) in [5.41, 5.74) is -2.18. The van der Waals surface area contributed by atoms with E-state index in [-0.39, 0.29) is 10.9 Å². The van der Waals surface area contributed by atoms with E-state index in [1.165, 1.54) is 7.05 Å². The molecule has 4 nitrogen and oxygen atoms in total. The average molecular weight is 271 g/mol. The van der Waals surface area contributed by atoms with Crippen molar-refractivity contribution in [3.05, 3.63) is 45.7 Å². The fourth-order valence-electron chi connectivity index (χ4n) is 1.79. The third-order valence-corrected chi connectivity index (χ3v) is 2.78. The first kappa shape index (κ1) is 13.1. The number of aromatic nitrogens is 1. The number of pyridine rings is 1. The van der Waals surface area contributed by atoms with Crippen LogP contribution in [-0.4, -0.2) is 15.6 Å². The highest BCUT2D eigenvalue weighted by Gasteiger charge is 2.30. The lowest BCUT2D eigenvalue weighted by Crippen LogP contribution is -2.24. The number of fused-ring (bicyclic) bond motifs is 1. The Kier molecular flexibility index (Phi) is 2.84. The topological polar surface area (TPSA) is 59.3 Å². The van der Waals surface area contributed by atoms with Gasteiger partial charge in [0.2, 0.25) is 0 Å². The minimum Gasteiger partial charge on any atom is -0.477 e. The van der Waals surface area contributed by atoms with Crippen LogP contribution in [0.3, 0.4) is 0 Å². The summed E-state index contributed by atoms with van der Waals surface area (Å²) >= 11 is 0. The first-order valence-corrected chi connectivity index (χ1v) is 5.16. The van der Waals surface area contributed by atoms with Crippen LogP contribution in [0.2, 0.25) is 0 Å². The maximum absolute atomic E-state index is 12.6. The quantitative estimate of drug-likeness (QED) is 0.865. The molecule has 2 rings (SSSR count). The number of halogens is 3. The number of benzene rings is 1. The van der Waals surface area contributed by atoms with Gasteiger partial charge in [0.25, 0.3) is 5.56 Å². The number of nitrogens with zero attached hydrogens (tertiary/aromatic N) is 1. The lowest BCUT2D eigenvalue weighted by Gasteiger charge is -2.10. The zero-order valence-corrected chi connectivity index (χ0v) is 9.65. The minimum absolute atomic E-state index is 0.0322. The van der Waals surface area contributed by atoms with E-state index in [1.54, 1.807) is 0 Å². The Morgan fingerprint density at radius 1 is 1.26 bits per heavy atom. The van der Waals surface area contributed by atoms with Gasteiger partial charge in [0.1, 0.15) is 5.56 Å². The Balaban J connectivity index is 2.83. The van der Waals surface area contributed by atoms with Crippen LogP contribution in [0.15, 0.2) is 29.1 Å². The van der Waals surface area contributed by atoms with Crippen LogP contribution in [0.5, 0.6) is 0 Å². The van der Waals surface area contributed by atoms with Gasteiger partial charge in [-0.3, -0.25) is 4.79 Å². The molecule has 0 fully saturated rings. The summed E-state index contributed by atoms with van der Waals surface area (Å²) in [5, 5.41) is 9.10. The zero-order valence-electron chi connectivity index (χ0n) is 9.65. The smallest absolute Gasteiger partial charge is 0.416 e. The molecule has 1 aromatic carbocycles. The van der Waals surface area contributed by atoms with Gasteiger partial charge in [0, 0.05) is 7.05 Å². The molecule has 0 aliphatic rings. The number of carboxylic acids is 1. The summed E-state index contributed by atoms with van der Waals surface area (Å²) < 4.78 is 38.6. The predicted molar refractivity (Wildman–Crippen MR) is 61.2 cm³/mol. The fourth-order valence-corrected chi connectivity index (χ4v) is 1.79. The largest absolute Gasteiger partial charge is 0.477 e. The molecular formula is C12H8F3NO3. The Labute approximate surface area is 104 Å². The van der Waals surface area contributed by atoms with Crippen molar-refractivity contribution in [2.45, 2.75) is 6.18 Å². The van der Waals surface area contributed by atoms with Crippen LogP contribution in [0.4, 0.5) is 13.2 Å². The van der Waals surface area contributed by atoms with Gasteiger partial charge >= 0.3 is 12.1 Å². The second-order valence-electron chi connectivity index (χ2n) is 4.00. The molecule has 0 saturated carbocycles. The molecule has 19 heavy (non-hydrogen) atoms. The Bertz CT molecular complexity index is 731. The van der Waals surface area contributed by atoms with Crippen molar-refractivity contribution in [3.63, 3.8) is 0 Å². The highest BCUT2D eigenvalue weighted by Crippen LogP contribution is 2.31. The summed E-state index contributed by atoms with van der Waals surface area (Å²) in [6.45, 7) is 0. The molecule has 2 aromatic rings.